The van der Waals surface area contributed by atoms with Gasteiger partial charge in [0.15, 0.2) is 0 Å². The van der Waals surface area contributed by atoms with E-state index in [2.05, 4.69) is 10.3 Å². The predicted octanol–water partition coefficient (Wildman–Crippen LogP) is 3.77. The Kier molecular flexibility index (Phi) is 3.56. The average molecular weight is 315 g/mol. The quantitative estimate of drug-likeness (QED) is 0.688. The number of rotatable bonds is 3. The summed E-state index contributed by atoms with van der Waals surface area (Å²) in [6.45, 7) is 0. The molecular formula is C16H11ClN2O3. The molecule has 0 bridgehead atoms. The van der Waals surface area contributed by atoms with E-state index in [4.69, 9.17) is 16.7 Å². The minimum absolute atomic E-state index is 0.0324. The molecule has 0 aliphatic rings. The third-order valence-corrected chi connectivity index (χ3v) is 3.57. The highest BCUT2D eigenvalue weighted by atomic mass is 35.5. The topological polar surface area (TPSA) is 82.2 Å². The summed E-state index contributed by atoms with van der Waals surface area (Å²) in [5.41, 5.74) is 1.25. The number of anilines is 1. The van der Waals surface area contributed by atoms with Gasteiger partial charge >= 0.3 is 5.97 Å². The van der Waals surface area contributed by atoms with E-state index in [9.17, 15) is 9.59 Å². The summed E-state index contributed by atoms with van der Waals surface area (Å²) in [5, 5.41) is 13.0. The number of hydrogen-bond donors (Lipinski definition) is 3. The molecule has 0 aliphatic carbocycles. The van der Waals surface area contributed by atoms with Crippen LogP contribution in [-0.2, 0) is 0 Å². The third-order valence-electron chi connectivity index (χ3n) is 3.26. The van der Waals surface area contributed by atoms with Crippen LogP contribution >= 0.6 is 11.6 Å². The van der Waals surface area contributed by atoms with Crippen LogP contribution in [0.5, 0.6) is 0 Å². The zero-order valence-corrected chi connectivity index (χ0v) is 12.0. The van der Waals surface area contributed by atoms with E-state index < -0.39 is 11.9 Å². The van der Waals surface area contributed by atoms with Gasteiger partial charge in [-0.15, -0.1) is 0 Å². The van der Waals surface area contributed by atoms with Crippen molar-refractivity contribution in [2.75, 3.05) is 5.32 Å². The lowest BCUT2D eigenvalue weighted by atomic mass is 10.1. The summed E-state index contributed by atoms with van der Waals surface area (Å²) in [7, 11) is 0. The van der Waals surface area contributed by atoms with Crippen LogP contribution in [0.1, 0.15) is 20.8 Å². The number of nitrogens with one attached hydrogen (secondary N) is 2. The summed E-state index contributed by atoms with van der Waals surface area (Å²) in [6.07, 6.45) is 0. The van der Waals surface area contributed by atoms with Crippen molar-refractivity contribution in [1.82, 2.24) is 4.98 Å². The zero-order chi connectivity index (χ0) is 15.7. The minimum atomic E-state index is -1.10. The molecule has 0 saturated carbocycles. The fraction of sp³-hybridized carbons (Fsp3) is 0. The molecule has 1 heterocycles. The van der Waals surface area contributed by atoms with Crippen LogP contribution in [0.25, 0.3) is 10.9 Å². The maximum atomic E-state index is 12.3. The van der Waals surface area contributed by atoms with Gasteiger partial charge in [0.1, 0.15) is 5.69 Å². The molecule has 3 N–H and O–H groups in total. The number of aromatic nitrogens is 1. The molecule has 110 valence electrons. The Balaban J connectivity index is 1.94. The van der Waals surface area contributed by atoms with E-state index in [-0.39, 0.29) is 11.3 Å². The van der Waals surface area contributed by atoms with Crippen molar-refractivity contribution in [1.29, 1.82) is 0 Å². The van der Waals surface area contributed by atoms with Gasteiger partial charge in [-0.2, -0.15) is 0 Å². The van der Waals surface area contributed by atoms with Crippen LogP contribution in [0.4, 0.5) is 5.69 Å². The van der Waals surface area contributed by atoms with Gasteiger partial charge in [-0.3, -0.25) is 4.79 Å². The van der Waals surface area contributed by atoms with E-state index in [0.717, 1.165) is 5.39 Å². The molecule has 1 aromatic heterocycles. The number of carbonyl (C=O) groups excluding carboxylic acids is 1. The van der Waals surface area contributed by atoms with E-state index in [1.807, 2.05) is 6.07 Å². The number of amides is 1. The van der Waals surface area contributed by atoms with Gasteiger partial charge in [0.05, 0.1) is 21.8 Å². The van der Waals surface area contributed by atoms with Crippen LogP contribution in [0.3, 0.4) is 0 Å². The van der Waals surface area contributed by atoms with Gasteiger partial charge in [0.25, 0.3) is 5.91 Å². The van der Waals surface area contributed by atoms with Crippen molar-refractivity contribution in [3.63, 3.8) is 0 Å². The first kappa shape index (κ1) is 14.2. The molecule has 0 unspecified atom stereocenters. The lowest BCUT2D eigenvalue weighted by Gasteiger charge is -2.06. The van der Waals surface area contributed by atoms with Gasteiger partial charge < -0.3 is 15.4 Å². The van der Waals surface area contributed by atoms with Crippen molar-refractivity contribution in [3.05, 3.63) is 64.8 Å². The minimum Gasteiger partial charge on any atom is -0.478 e. The van der Waals surface area contributed by atoms with E-state index in [1.54, 1.807) is 30.3 Å². The summed E-state index contributed by atoms with van der Waals surface area (Å²) < 4.78 is 0. The van der Waals surface area contributed by atoms with Gasteiger partial charge in [0.2, 0.25) is 0 Å². The lowest BCUT2D eigenvalue weighted by molar-refractivity contribution is 0.0698. The van der Waals surface area contributed by atoms with E-state index >= 15 is 0 Å². The number of halogens is 1. The Labute approximate surface area is 130 Å². The predicted molar refractivity (Wildman–Crippen MR) is 84.7 cm³/mol. The van der Waals surface area contributed by atoms with Gasteiger partial charge in [-0.05, 0) is 24.3 Å². The van der Waals surface area contributed by atoms with Crippen molar-refractivity contribution in [2.24, 2.45) is 0 Å². The maximum Gasteiger partial charge on any atom is 0.337 e. The Bertz CT molecular complexity index is 886. The number of carboxylic acids is 1. The normalized spacial score (nSPS) is 10.6. The molecule has 6 heteroatoms. The standard InChI is InChI=1S/C16H11ClN2O3/c17-11-6-3-4-9-8-13(18-14(9)11)15(20)19-12-7-2-1-5-10(12)16(21)22/h1-8,18H,(H,19,20)(H,21,22). The van der Waals surface area contributed by atoms with Crippen molar-refractivity contribution in [2.45, 2.75) is 0 Å². The summed E-state index contributed by atoms with van der Waals surface area (Å²) in [5.74, 6) is -1.53. The first-order valence-electron chi connectivity index (χ1n) is 6.47. The molecule has 2 aromatic carbocycles. The fourth-order valence-electron chi connectivity index (χ4n) is 2.21. The second kappa shape index (κ2) is 5.54. The van der Waals surface area contributed by atoms with Crippen LogP contribution in [0.15, 0.2) is 48.5 Å². The monoisotopic (exact) mass is 314 g/mol. The highest BCUT2D eigenvalue weighted by Crippen LogP contribution is 2.24. The molecule has 1 amide bonds. The molecule has 22 heavy (non-hydrogen) atoms. The lowest BCUT2D eigenvalue weighted by Crippen LogP contribution is -2.15. The number of aromatic amines is 1. The molecule has 0 saturated heterocycles. The Morgan fingerprint density at radius 2 is 1.86 bits per heavy atom. The molecule has 0 spiro atoms. The van der Waals surface area contributed by atoms with Crippen LogP contribution < -0.4 is 5.32 Å². The number of fused-ring (bicyclic) bond motifs is 1. The first-order valence-corrected chi connectivity index (χ1v) is 6.85. The molecule has 0 fully saturated rings. The average Bonchev–Trinajstić information content (AvgIpc) is 2.93. The third kappa shape index (κ3) is 2.54. The summed E-state index contributed by atoms with van der Waals surface area (Å²) in [6, 6.07) is 13.2. The Morgan fingerprint density at radius 3 is 2.59 bits per heavy atom. The number of benzene rings is 2. The number of carbonyl (C=O) groups is 2. The van der Waals surface area contributed by atoms with Crippen molar-refractivity contribution >= 4 is 40.1 Å². The summed E-state index contributed by atoms with van der Waals surface area (Å²) in [4.78, 5) is 26.4. The molecular weight excluding hydrogens is 304 g/mol. The van der Waals surface area contributed by atoms with Crippen LogP contribution in [0.2, 0.25) is 5.02 Å². The molecule has 3 rings (SSSR count). The molecule has 0 aliphatic heterocycles. The van der Waals surface area contributed by atoms with E-state index in [1.165, 1.54) is 12.1 Å². The molecule has 0 atom stereocenters. The second-order valence-electron chi connectivity index (χ2n) is 4.69. The van der Waals surface area contributed by atoms with Crippen LogP contribution in [0, 0.1) is 0 Å². The van der Waals surface area contributed by atoms with Crippen LogP contribution in [-0.4, -0.2) is 22.0 Å². The number of carboxylic acid groups (broad SMARTS) is 1. The SMILES string of the molecule is O=C(Nc1ccccc1C(=O)O)c1cc2cccc(Cl)c2[nH]1. The molecule has 5 nitrogen and oxygen atoms in total. The highest BCUT2D eigenvalue weighted by molar-refractivity contribution is 6.35. The number of para-hydroxylation sites is 2. The highest BCUT2D eigenvalue weighted by Gasteiger charge is 2.15. The van der Waals surface area contributed by atoms with Gasteiger partial charge in [-0.1, -0.05) is 35.9 Å². The zero-order valence-electron chi connectivity index (χ0n) is 11.3. The molecule has 3 aromatic rings. The number of hydrogen-bond acceptors (Lipinski definition) is 2. The van der Waals surface area contributed by atoms with E-state index in [0.29, 0.717) is 16.2 Å². The first-order chi connectivity index (χ1) is 10.6. The van der Waals surface area contributed by atoms with Crippen molar-refractivity contribution in [3.8, 4) is 0 Å². The van der Waals surface area contributed by atoms with Crippen molar-refractivity contribution < 1.29 is 14.7 Å². The second-order valence-corrected chi connectivity index (χ2v) is 5.10. The number of aromatic carboxylic acids is 1. The molecule has 0 radical (unpaired) electrons. The Morgan fingerprint density at radius 1 is 1.09 bits per heavy atom. The summed E-state index contributed by atoms with van der Waals surface area (Å²) >= 11 is 6.06. The largest absolute Gasteiger partial charge is 0.478 e. The number of H-pyrrole nitrogens is 1. The maximum absolute atomic E-state index is 12.3. The fourth-order valence-corrected chi connectivity index (χ4v) is 2.44. The van der Waals surface area contributed by atoms with Gasteiger partial charge in [-0.25, -0.2) is 4.79 Å². The smallest absolute Gasteiger partial charge is 0.337 e. The Hall–Kier alpha value is -2.79. The van der Waals surface area contributed by atoms with Gasteiger partial charge in [0, 0.05) is 5.39 Å².